The number of carbonyl (C=O) groups excluding carboxylic acids is 1. The average molecular weight is 304 g/mol. The molecule has 0 unspecified atom stereocenters. The fraction of sp³-hybridized carbons (Fsp3) is 0. The standard InChI is InChI=1S/C14H10ClN3O3/c15-11-7-10(2-1-9(11)3-4-13(19)20)14(21)18-12-8-16-5-6-17-12/h1-8H,(H,19,20)(H,17,18,21)/b4-3+. The number of amides is 1. The van der Waals surface area contributed by atoms with Gasteiger partial charge in [0.1, 0.15) is 0 Å². The van der Waals surface area contributed by atoms with Crippen LogP contribution in [0.5, 0.6) is 0 Å². The largest absolute Gasteiger partial charge is 0.478 e. The SMILES string of the molecule is O=C(O)/C=C/c1ccc(C(=O)Nc2cnccn2)cc1Cl. The molecule has 0 bridgehead atoms. The molecule has 1 amide bonds. The second kappa shape index (κ2) is 6.62. The Morgan fingerprint density at radius 2 is 2.10 bits per heavy atom. The summed E-state index contributed by atoms with van der Waals surface area (Å²) in [6, 6.07) is 4.56. The Balaban J connectivity index is 2.16. The van der Waals surface area contributed by atoms with E-state index in [1.807, 2.05) is 0 Å². The lowest BCUT2D eigenvalue weighted by Crippen LogP contribution is -2.13. The lowest BCUT2D eigenvalue weighted by atomic mass is 10.1. The van der Waals surface area contributed by atoms with Crippen molar-refractivity contribution in [3.63, 3.8) is 0 Å². The van der Waals surface area contributed by atoms with Crippen molar-refractivity contribution in [3.05, 3.63) is 59.0 Å². The summed E-state index contributed by atoms with van der Waals surface area (Å²) in [5, 5.41) is 11.4. The molecule has 106 valence electrons. The number of hydrogen-bond acceptors (Lipinski definition) is 4. The van der Waals surface area contributed by atoms with E-state index >= 15 is 0 Å². The monoisotopic (exact) mass is 303 g/mol. The second-order valence-electron chi connectivity index (χ2n) is 3.95. The van der Waals surface area contributed by atoms with Crippen molar-refractivity contribution in [1.29, 1.82) is 0 Å². The van der Waals surface area contributed by atoms with E-state index in [9.17, 15) is 9.59 Å². The third-order valence-electron chi connectivity index (χ3n) is 2.47. The van der Waals surface area contributed by atoms with Gasteiger partial charge in [0.15, 0.2) is 5.82 Å². The molecule has 0 spiro atoms. The van der Waals surface area contributed by atoms with Crippen LogP contribution in [-0.2, 0) is 4.79 Å². The van der Waals surface area contributed by atoms with Crippen LogP contribution in [0.1, 0.15) is 15.9 Å². The van der Waals surface area contributed by atoms with Gasteiger partial charge in [0.25, 0.3) is 5.91 Å². The Hall–Kier alpha value is -2.73. The predicted molar refractivity (Wildman–Crippen MR) is 78.1 cm³/mol. The van der Waals surface area contributed by atoms with Crippen LogP contribution in [0.2, 0.25) is 5.02 Å². The highest BCUT2D eigenvalue weighted by Gasteiger charge is 2.09. The van der Waals surface area contributed by atoms with Crippen LogP contribution in [-0.4, -0.2) is 27.0 Å². The van der Waals surface area contributed by atoms with Crippen LogP contribution < -0.4 is 5.32 Å². The highest BCUT2D eigenvalue weighted by molar-refractivity contribution is 6.32. The van der Waals surface area contributed by atoms with Crippen molar-refractivity contribution in [2.75, 3.05) is 5.32 Å². The summed E-state index contributed by atoms with van der Waals surface area (Å²) in [5.74, 6) is -1.13. The number of nitrogens with zero attached hydrogens (tertiary/aromatic N) is 2. The van der Waals surface area contributed by atoms with Gasteiger partial charge in [0.05, 0.1) is 6.20 Å². The smallest absolute Gasteiger partial charge is 0.328 e. The lowest BCUT2D eigenvalue weighted by molar-refractivity contribution is -0.131. The Labute approximate surface area is 125 Å². The summed E-state index contributed by atoms with van der Waals surface area (Å²) in [6.07, 6.45) is 6.71. The number of carbonyl (C=O) groups is 2. The number of carboxylic acid groups (broad SMARTS) is 1. The number of anilines is 1. The molecule has 2 rings (SSSR count). The Morgan fingerprint density at radius 3 is 2.71 bits per heavy atom. The molecule has 0 saturated heterocycles. The van der Waals surface area contributed by atoms with Gasteiger partial charge >= 0.3 is 5.97 Å². The number of aliphatic carboxylic acids is 1. The number of halogens is 1. The van der Waals surface area contributed by atoms with Crippen molar-refractivity contribution in [3.8, 4) is 0 Å². The summed E-state index contributed by atoms with van der Waals surface area (Å²) in [7, 11) is 0. The van der Waals surface area contributed by atoms with Crippen molar-refractivity contribution < 1.29 is 14.7 Å². The van der Waals surface area contributed by atoms with E-state index in [1.54, 1.807) is 12.1 Å². The molecule has 0 radical (unpaired) electrons. The molecule has 0 aliphatic heterocycles. The van der Waals surface area contributed by atoms with Gasteiger partial charge < -0.3 is 10.4 Å². The van der Waals surface area contributed by atoms with Gasteiger partial charge in [-0.25, -0.2) is 9.78 Å². The van der Waals surface area contributed by atoms with E-state index < -0.39 is 5.97 Å². The minimum absolute atomic E-state index is 0.277. The van der Waals surface area contributed by atoms with E-state index in [4.69, 9.17) is 16.7 Å². The third kappa shape index (κ3) is 4.12. The predicted octanol–water partition coefficient (Wildman–Crippen LogP) is 2.48. The number of hydrogen-bond donors (Lipinski definition) is 2. The maximum Gasteiger partial charge on any atom is 0.328 e. The van der Waals surface area contributed by atoms with Crippen LogP contribution in [0.4, 0.5) is 5.82 Å². The van der Waals surface area contributed by atoms with Crippen LogP contribution >= 0.6 is 11.6 Å². The molecule has 1 heterocycles. The minimum Gasteiger partial charge on any atom is -0.478 e. The van der Waals surface area contributed by atoms with Gasteiger partial charge in [0.2, 0.25) is 0 Å². The Morgan fingerprint density at radius 1 is 1.29 bits per heavy atom. The maximum atomic E-state index is 12.0. The first-order chi connectivity index (χ1) is 10.1. The van der Waals surface area contributed by atoms with Crippen LogP contribution in [0.3, 0.4) is 0 Å². The lowest BCUT2D eigenvalue weighted by Gasteiger charge is -2.05. The summed E-state index contributed by atoms with van der Waals surface area (Å²) in [5.41, 5.74) is 0.841. The fourth-order valence-electron chi connectivity index (χ4n) is 1.52. The van der Waals surface area contributed by atoms with Crippen LogP contribution in [0, 0.1) is 0 Å². The fourth-order valence-corrected chi connectivity index (χ4v) is 1.76. The zero-order chi connectivity index (χ0) is 15.2. The van der Waals surface area contributed by atoms with Gasteiger partial charge in [0, 0.05) is 29.1 Å². The first-order valence-electron chi connectivity index (χ1n) is 5.84. The zero-order valence-electron chi connectivity index (χ0n) is 10.7. The number of carboxylic acids is 1. The molecule has 0 aliphatic carbocycles. The van der Waals surface area contributed by atoms with Gasteiger partial charge in [-0.2, -0.15) is 0 Å². The number of benzene rings is 1. The molecular weight excluding hydrogens is 294 g/mol. The number of aromatic nitrogens is 2. The molecular formula is C14H10ClN3O3. The van der Waals surface area contributed by atoms with E-state index in [1.165, 1.54) is 30.7 Å². The topological polar surface area (TPSA) is 92.2 Å². The highest BCUT2D eigenvalue weighted by Crippen LogP contribution is 2.20. The second-order valence-corrected chi connectivity index (χ2v) is 4.36. The minimum atomic E-state index is -1.07. The summed E-state index contributed by atoms with van der Waals surface area (Å²) in [4.78, 5) is 30.2. The van der Waals surface area contributed by atoms with E-state index in [2.05, 4.69) is 15.3 Å². The molecule has 0 aliphatic rings. The maximum absolute atomic E-state index is 12.0. The normalized spacial score (nSPS) is 10.5. The molecule has 21 heavy (non-hydrogen) atoms. The molecule has 0 fully saturated rings. The van der Waals surface area contributed by atoms with Crippen molar-refractivity contribution >= 4 is 35.4 Å². The summed E-state index contributed by atoms with van der Waals surface area (Å²) >= 11 is 6.01. The van der Waals surface area contributed by atoms with Gasteiger partial charge in [-0.1, -0.05) is 17.7 Å². The van der Waals surface area contributed by atoms with Gasteiger partial charge in [-0.15, -0.1) is 0 Å². The van der Waals surface area contributed by atoms with Crippen LogP contribution in [0.15, 0.2) is 42.9 Å². The molecule has 1 aromatic heterocycles. The molecule has 0 saturated carbocycles. The number of nitrogens with one attached hydrogen (secondary N) is 1. The Kier molecular flexibility index (Phi) is 4.63. The summed E-state index contributed by atoms with van der Waals surface area (Å²) < 4.78 is 0. The van der Waals surface area contributed by atoms with Gasteiger partial charge in [-0.3, -0.25) is 9.78 Å². The third-order valence-corrected chi connectivity index (χ3v) is 2.80. The molecule has 7 heteroatoms. The van der Waals surface area contributed by atoms with Crippen LogP contribution in [0.25, 0.3) is 6.08 Å². The highest BCUT2D eigenvalue weighted by atomic mass is 35.5. The van der Waals surface area contributed by atoms with E-state index in [0.29, 0.717) is 16.9 Å². The first-order valence-corrected chi connectivity index (χ1v) is 6.22. The molecule has 2 aromatic rings. The van der Waals surface area contributed by atoms with E-state index in [-0.39, 0.29) is 10.9 Å². The number of rotatable bonds is 4. The summed E-state index contributed by atoms with van der Waals surface area (Å²) in [6.45, 7) is 0. The molecule has 0 atom stereocenters. The van der Waals surface area contributed by atoms with E-state index in [0.717, 1.165) is 6.08 Å². The van der Waals surface area contributed by atoms with Gasteiger partial charge in [-0.05, 0) is 23.8 Å². The molecule has 6 nitrogen and oxygen atoms in total. The first kappa shape index (κ1) is 14.7. The zero-order valence-corrected chi connectivity index (χ0v) is 11.4. The Bertz CT molecular complexity index is 702. The molecule has 2 N–H and O–H groups in total. The van der Waals surface area contributed by atoms with Crippen molar-refractivity contribution in [2.45, 2.75) is 0 Å². The van der Waals surface area contributed by atoms with Crippen molar-refractivity contribution in [1.82, 2.24) is 9.97 Å². The van der Waals surface area contributed by atoms with Crippen molar-refractivity contribution in [2.24, 2.45) is 0 Å². The molecule has 1 aromatic carbocycles. The quantitative estimate of drug-likeness (QED) is 0.847. The average Bonchev–Trinajstić information content (AvgIpc) is 2.46.